The zero-order valence-electron chi connectivity index (χ0n) is 13.1. The second kappa shape index (κ2) is 4.86. The van der Waals surface area contributed by atoms with Gasteiger partial charge in [-0.15, -0.1) is 0 Å². The number of fused-ring (bicyclic) bond motifs is 1. The number of rotatable bonds is 2. The van der Waals surface area contributed by atoms with E-state index in [2.05, 4.69) is 64.3 Å². The molecule has 0 spiro atoms. The first-order valence-corrected chi connectivity index (χ1v) is 10.2. The molecule has 1 aromatic rings. The lowest BCUT2D eigenvalue weighted by atomic mass is 9.99. The molecule has 1 unspecified atom stereocenters. The monoisotopic (exact) mass is 277 g/mol. The molecular formula is C16H27NOSi. The van der Waals surface area contributed by atoms with Crippen LogP contribution in [0.15, 0.2) is 18.2 Å². The molecule has 0 aromatic heterocycles. The highest BCUT2D eigenvalue weighted by molar-refractivity contribution is 6.74. The predicted molar refractivity (Wildman–Crippen MR) is 85.7 cm³/mol. The van der Waals surface area contributed by atoms with E-state index in [0.29, 0.717) is 6.04 Å². The third-order valence-corrected chi connectivity index (χ3v) is 8.86. The Kier molecular flexibility index (Phi) is 3.69. The van der Waals surface area contributed by atoms with Crippen molar-refractivity contribution in [3.05, 3.63) is 23.8 Å². The van der Waals surface area contributed by atoms with Gasteiger partial charge in [0.1, 0.15) is 5.75 Å². The van der Waals surface area contributed by atoms with Gasteiger partial charge in [0.05, 0.1) is 5.69 Å². The van der Waals surface area contributed by atoms with Gasteiger partial charge >= 0.3 is 0 Å². The Morgan fingerprint density at radius 2 is 1.95 bits per heavy atom. The smallest absolute Gasteiger partial charge is 0.250 e. The molecule has 1 aliphatic rings. The van der Waals surface area contributed by atoms with Crippen LogP contribution >= 0.6 is 0 Å². The lowest BCUT2D eigenvalue weighted by molar-refractivity contribution is 0.490. The zero-order chi connectivity index (χ0) is 14.3. The van der Waals surface area contributed by atoms with Gasteiger partial charge in [0.15, 0.2) is 0 Å². The van der Waals surface area contributed by atoms with Crippen LogP contribution in [-0.2, 0) is 6.42 Å². The molecule has 1 aromatic carbocycles. The van der Waals surface area contributed by atoms with Gasteiger partial charge < -0.3 is 9.74 Å². The van der Waals surface area contributed by atoms with E-state index in [1.54, 1.807) is 0 Å². The third kappa shape index (κ3) is 2.97. The maximum atomic E-state index is 6.49. The number of benzene rings is 1. The lowest BCUT2D eigenvalue weighted by Gasteiger charge is -2.38. The van der Waals surface area contributed by atoms with Crippen molar-refractivity contribution in [2.75, 3.05) is 5.32 Å². The fraction of sp³-hybridized carbons (Fsp3) is 0.625. The van der Waals surface area contributed by atoms with Crippen molar-refractivity contribution in [3.8, 4) is 5.75 Å². The SMILES string of the molecule is CC1CCc2cccc(O[Si](C)(C)C(C)(C)C)c2N1. The van der Waals surface area contributed by atoms with Crippen LogP contribution in [-0.4, -0.2) is 14.4 Å². The number of hydrogen-bond donors (Lipinski definition) is 1. The molecule has 3 heteroatoms. The Morgan fingerprint density at radius 3 is 2.58 bits per heavy atom. The van der Waals surface area contributed by atoms with E-state index >= 15 is 0 Å². The van der Waals surface area contributed by atoms with Crippen LogP contribution in [0.5, 0.6) is 5.75 Å². The van der Waals surface area contributed by atoms with Crippen LogP contribution in [0.4, 0.5) is 5.69 Å². The van der Waals surface area contributed by atoms with Crippen molar-refractivity contribution in [1.29, 1.82) is 0 Å². The quantitative estimate of drug-likeness (QED) is 0.783. The molecule has 106 valence electrons. The van der Waals surface area contributed by atoms with E-state index < -0.39 is 8.32 Å². The highest BCUT2D eigenvalue weighted by Gasteiger charge is 2.39. The summed E-state index contributed by atoms with van der Waals surface area (Å²) in [7, 11) is -1.77. The van der Waals surface area contributed by atoms with Crippen molar-refractivity contribution in [2.24, 2.45) is 0 Å². The molecule has 0 radical (unpaired) electrons. The maximum absolute atomic E-state index is 6.49. The van der Waals surface area contributed by atoms with Crippen LogP contribution in [0.25, 0.3) is 0 Å². The third-order valence-electron chi connectivity index (χ3n) is 4.52. The minimum absolute atomic E-state index is 0.232. The zero-order valence-corrected chi connectivity index (χ0v) is 14.1. The summed E-state index contributed by atoms with van der Waals surface area (Å²) in [5.74, 6) is 1.05. The minimum Gasteiger partial charge on any atom is -0.542 e. The highest BCUT2D eigenvalue weighted by atomic mass is 28.4. The summed E-state index contributed by atoms with van der Waals surface area (Å²) >= 11 is 0. The number of para-hydroxylation sites is 1. The van der Waals surface area contributed by atoms with E-state index in [4.69, 9.17) is 4.43 Å². The number of hydrogen-bond acceptors (Lipinski definition) is 2. The maximum Gasteiger partial charge on any atom is 0.250 e. The average molecular weight is 277 g/mol. The molecule has 1 aliphatic heterocycles. The van der Waals surface area contributed by atoms with Gasteiger partial charge in [-0.3, -0.25) is 0 Å². The molecule has 2 nitrogen and oxygen atoms in total. The van der Waals surface area contributed by atoms with Gasteiger partial charge in [-0.25, -0.2) is 0 Å². The van der Waals surface area contributed by atoms with Crippen molar-refractivity contribution in [2.45, 2.75) is 64.7 Å². The molecule has 0 aliphatic carbocycles. The molecular weight excluding hydrogens is 250 g/mol. The largest absolute Gasteiger partial charge is 0.542 e. The molecule has 1 N–H and O–H groups in total. The summed E-state index contributed by atoms with van der Waals surface area (Å²) < 4.78 is 6.49. The molecule has 0 saturated carbocycles. The van der Waals surface area contributed by atoms with Gasteiger partial charge in [0, 0.05) is 6.04 Å². The Hall–Kier alpha value is -0.963. The number of nitrogens with one attached hydrogen (secondary N) is 1. The van der Waals surface area contributed by atoms with Crippen molar-refractivity contribution < 1.29 is 4.43 Å². The molecule has 19 heavy (non-hydrogen) atoms. The first-order valence-electron chi connectivity index (χ1n) is 7.28. The molecule has 0 amide bonds. The lowest BCUT2D eigenvalue weighted by Crippen LogP contribution is -2.44. The first-order chi connectivity index (χ1) is 8.71. The van der Waals surface area contributed by atoms with Crippen LogP contribution in [0.2, 0.25) is 18.1 Å². The van der Waals surface area contributed by atoms with Crippen LogP contribution in [0.3, 0.4) is 0 Å². The summed E-state index contributed by atoms with van der Waals surface area (Å²) in [6.07, 6.45) is 2.36. The van der Waals surface area contributed by atoms with Crippen LogP contribution < -0.4 is 9.74 Å². The summed E-state index contributed by atoms with van der Waals surface area (Å²) in [5, 5.41) is 3.83. The Labute approximate surface area is 118 Å². The van der Waals surface area contributed by atoms with Gasteiger partial charge in [0.25, 0.3) is 8.32 Å². The fourth-order valence-electron chi connectivity index (χ4n) is 2.15. The molecule has 0 fully saturated rings. The average Bonchev–Trinajstić information content (AvgIpc) is 2.28. The van der Waals surface area contributed by atoms with E-state index in [0.717, 1.165) is 12.2 Å². The van der Waals surface area contributed by atoms with Crippen LogP contribution in [0, 0.1) is 0 Å². The van der Waals surface area contributed by atoms with E-state index in [-0.39, 0.29) is 5.04 Å². The van der Waals surface area contributed by atoms with E-state index in [9.17, 15) is 0 Å². The Morgan fingerprint density at radius 1 is 1.26 bits per heavy atom. The normalized spacial score (nSPS) is 19.6. The topological polar surface area (TPSA) is 21.3 Å². The summed E-state index contributed by atoms with van der Waals surface area (Å²) in [5.41, 5.74) is 2.63. The second-order valence-electron chi connectivity index (χ2n) is 7.24. The van der Waals surface area contributed by atoms with E-state index in [1.807, 2.05) is 0 Å². The summed E-state index contributed by atoms with van der Waals surface area (Å²) in [6.45, 7) is 13.7. The number of anilines is 1. The molecule has 0 bridgehead atoms. The van der Waals surface area contributed by atoms with Gasteiger partial charge in [0.2, 0.25) is 0 Å². The van der Waals surface area contributed by atoms with Gasteiger partial charge in [-0.1, -0.05) is 32.9 Å². The van der Waals surface area contributed by atoms with Crippen LogP contribution in [0.1, 0.15) is 39.7 Å². The molecule has 2 rings (SSSR count). The number of aryl methyl sites for hydroxylation is 1. The van der Waals surface area contributed by atoms with Crippen molar-refractivity contribution >= 4 is 14.0 Å². The molecule has 1 heterocycles. The summed E-state index contributed by atoms with van der Waals surface area (Å²) in [6, 6.07) is 6.99. The minimum atomic E-state index is -1.77. The Bertz CT molecular complexity index is 462. The summed E-state index contributed by atoms with van der Waals surface area (Å²) in [4.78, 5) is 0. The van der Waals surface area contributed by atoms with Crippen molar-refractivity contribution in [1.82, 2.24) is 0 Å². The second-order valence-corrected chi connectivity index (χ2v) is 12.0. The first kappa shape index (κ1) is 14.4. The molecule has 1 atom stereocenters. The highest BCUT2D eigenvalue weighted by Crippen LogP contribution is 2.41. The predicted octanol–water partition coefficient (Wildman–Crippen LogP) is 4.82. The molecule has 0 saturated heterocycles. The van der Waals surface area contributed by atoms with Gasteiger partial charge in [-0.05, 0) is 49.5 Å². The van der Waals surface area contributed by atoms with Crippen molar-refractivity contribution in [3.63, 3.8) is 0 Å². The van der Waals surface area contributed by atoms with Gasteiger partial charge in [-0.2, -0.15) is 0 Å². The van der Waals surface area contributed by atoms with E-state index in [1.165, 1.54) is 17.7 Å². The fourth-order valence-corrected chi connectivity index (χ4v) is 3.18. The Balaban J connectivity index is 2.32. The standard InChI is InChI=1S/C16H27NOSi/c1-12-10-11-13-8-7-9-14(15(13)17-12)18-19(5,6)16(2,3)4/h7-9,12,17H,10-11H2,1-6H3.